The highest BCUT2D eigenvalue weighted by Gasteiger charge is 2.27. The molecule has 1 unspecified atom stereocenters. The molecule has 5 nitrogen and oxygen atoms in total. The number of carbonyl (C=O) groups excluding carboxylic acids is 2. The molecule has 1 atom stereocenters. The molecule has 0 bridgehead atoms. The van der Waals surface area contributed by atoms with Gasteiger partial charge in [-0.25, -0.2) is 0 Å². The molecule has 0 saturated heterocycles. The Hall–Kier alpha value is -0.350. The lowest BCUT2D eigenvalue weighted by atomic mass is 10.1. The molecular weight excluding hydrogens is 483 g/mol. The Labute approximate surface area is 230 Å². The summed E-state index contributed by atoms with van der Waals surface area (Å²) in [5, 5.41) is 18.7. The van der Waals surface area contributed by atoms with Gasteiger partial charge in [-0.2, -0.15) is 0 Å². The van der Waals surface area contributed by atoms with Crippen LogP contribution in [0.15, 0.2) is 0 Å². The molecule has 37 heavy (non-hydrogen) atoms. The van der Waals surface area contributed by atoms with E-state index in [2.05, 4.69) is 13.8 Å². The molecule has 0 amide bonds. The van der Waals surface area contributed by atoms with E-state index < -0.39 is 20.9 Å². The molecule has 0 saturated carbocycles. The zero-order valence-corrected chi connectivity index (χ0v) is 25.4. The van der Waals surface area contributed by atoms with Crippen LogP contribution in [0.3, 0.4) is 0 Å². The van der Waals surface area contributed by atoms with Crippen LogP contribution in [-0.4, -0.2) is 40.6 Å². The molecule has 0 aromatic carbocycles. The van der Waals surface area contributed by atoms with Gasteiger partial charge in [0.25, 0.3) is 0 Å². The highest BCUT2D eigenvalue weighted by molar-refractivity contribution is 7.85. The fourth-order valence-corrected chi connectivity index (χ4v) is 6.19. The zero-order chi connectivity index (χ0) is 27.4. The van der Waals surface area contributed by atoms with Crippen LogP contribution in [0.5, 0.6) is 0 Å². The van der Waals surface area contributed by atoms with Crippen molar-refractivity contribution in [3.63, 3.8) is 0 Å². The average molecular weight is 545 g/mol. The van der Waals surface area contributed by atoms with E-state index in [4.69, 9.17) is 9.63 Å². The molecule has 0 fully saturated rings. The van der Waals surface area contributed by atoms with Crippen LogP contribution >= 0.6 is 8.15 Å². The van der Waals surface area contributed by atoms with Gasteiger partial charge in [-0.1, -0.05) is 142 Å². The second-order valence-electron chi connectivity index (χ2n) is 10.8. The molecule has 2 N–H and O–H groups in total. The SMILES string of the molecule is CCCCCCCCCCCCCC(=O)P(OCC(O)CO)C(=O)CCCCCCCCCCCCC. The summed E-state index contributed by atoms with van der Waals surface area (Å²) in [7, 11) is -1.85. The van der Waals surface area contributed by atoms with Gasteiger partial charge >= 0.3 is 0 Å². The maximum Gasteiger partial charge on any atom is 0.189 e. The lowest BCUT2D eigenvalue weighted by Gasteiger charge is -2.17. The summed E-state index contributed by atoms with van der Waals surface area (Å²) in [6, 6.07) is 0. The van der Waals surface area contributed by atoms with E-state index in [0.29, 0.717) is 12.8 Å². The summed E-state index contributed by atoms with van der Waals surface area (Å²) in [6.45, 7) is 3.90. The Morgan fingerprint density at radius 3 is 1.16 bits per heavy atom. The molecule has 0 aromatic heterocycles. The molecule has 0 aliphatic carbocycles. The minimum Gasteiger partial charge on any atom is -0.394 e. The van der Waals surface area contributed by atoms with E-state index in [9.17, 15) is 14.7 Å². The molecule has 0 aromatic rings. The van der Waals surface area contributed by atoms with Gasteiger partial charge in [0.1, 0.15) is 6.10 Å². The zero-order valence-electron chi connectivity index (χ0n) is 24.5. The first kappa shape index (κ1) is 36.6. The largest absolute Gasteiger partial charge is 0.394 e. The second-order valence-corrected chi connectivity index (χ2v) is 12.6. The Balaban J connectivity index is 4.07. The van der Waals surface area contributed by atoms with E-state index >= 15 is 0 Å². The van der Waals surface area contributed by atoms with E-state index in [1.165, 1.54) is 103 Å². The van der Waals surface area contributed by atoms with Crippen molar-refractivity contribution in [3.8, 4) is 0 Å². The summed E-state index contributed by atoms with van der Waals surface area (Å²) < 4.78 is 5.57. The monoisotopic (exact) mass is 544 g/mol. The van der Waals surface area contributed by atoms with E-state index in [0.717, 1.165) is 38.5 Å². The van der Waals surface area contributed by atoms with Gasteiger partial charge in [0.15, 0.2) is 19.2 Å². The summed E-state index contributed by atoms with van der Waals surface area (Å²) >= 11 is 0. The van der Waals surface area contributed by atoms with E-state index in [1.807, 2.05) is 0 Å². The van der Waals surface area contributed by atoms with Crippen molar-refractivity contribution in [1.82, 2.24) is 0 Å². The molecule has 0 radical (unpaired) electrons. The van der Waals surface area contributed by atoms with Crippen molar-refractivity contribution in [1.29, 1.82) is 0 Å². The first-order chi connectivity index (χ1) is 18.1. The highest BCUT2D eigenvalue weighted by Crippen LogP contribution is 2.42. The Morgan fingerprint density at radius 1 is 0.568 bits per heavy atom. The molecular formula is C31H61O5P. The van der Waals surface area contributed by atoms with Gasteiger partial charge in [-0.15, -0.1) is 0 Å². The van der Waals surface area contributed by atoms with Crippen molar-refractivity contribution in [3.05, 3.63) is 0 Å². The van der Waals surface area contributed by atoms with Crippen molar-refractivity contribution < 1.29 is 24.3 Å². The van der Waals surface area contributed by atoms with Crippen molar-refractivity contribution in [2.24, 2.45) is 0 Å². The molecule has 0 aliphatic heterocycles. The minimum atomic E-state index is -1.85. The number of unbranched alkanes of at least 4 members (excludes halogenated alkanes) is 20. The Bertz CT molecular complexity index is 476. The molecule has 0 spiro atoms. The van der Waals surface area contributed by atoms with Crippen molar-refractivity contribution >= 4 is 19.2 Å². The van der Waals surface area contributed by atoms with Crippen LogP contribution in [0.4, 0.5) is 0 Å². The standard InChI is InChI=1S/C31H61O5P/c1-3-5-7-9-11-13-15-17-19-21-23-25-30(34)37(36-28-29(33)27-32)31(35)26-24-22-20-18-16-14-12-10-8-6-4-2/h29,32-33H,3-28H2,1-2H3. The predicted octanol–water partition coefficient (Wildman–Crippen LogP) is 9.21. The quantitative estimate of drug-likeness (QED) is 0.0695. The maximum atomic E-state index is 12.8. The van der Waals surface area contributed by atoms with E-state index in [1.54, 1.807) is 0 Å². The summed E-state index contributed by atoms with van der Waals surface area (Å²) in [4.78, 5) is 25.6. The van der Waals surface area contributed by atoms with Gasteiger partial charge < -0.3 is 14.7 Å². The number of hydrogen-bond acceptors (Lipinski definition) is 5. The summed E-state index contributed by atoms with van der Waals surface area (Å²) in [5.41, 5.74) is -0.215. The highest BCUT2D eigenvalue weighted by atomic mass is 31.1. The van der Waals surface area contributed by atoms with Gasteiger partial charge in [-0.3, -0.25) is 9.59 Å². The number of rotatable bonds is 30. The number of carbonyl (C=O) groups is 2. The average Bonchev–Trinajstić information content (AvgIpc) is 2.90. The first-order valence-electron chi connectivity index (χ1n) is 15.8. The number of hydrogen-bond donors (Lipinski definition) is 2. The molecule has 0 aliphatic rings. The smallest absolute Gasteiger partial charge is 0.189 e. The fourth-order valence-electron chi connectivity index (χ4n) is 4.58. The third-order valence-corrected chi connectivity index (χ3v) is 8.81. The lowest BCUT2D eigenvalue weighted by Crippen LogP contribution is -2.20. The summed E-state index contributed by atoms with van der Waals surface area (Å²) in [5.74, 6) is 0. The van der Waals surface area contributed by atoms with Crippen LogP contribution in [0.1, 0.15) is 168 Å². The normalized spacial score (nSPS) is 12.4. The molecule has 220 valence electrons. The van der Waals surface area contributed by atoms with Crippen LogP contribution in [0, 0.1) is 0 Å². The van der Waals surface area contributed by atoms with Crippen LogP contribution in [-0.2, 0) is 14.1 Å². The number of aliphatic hydroxyl groups excluding tert-OH is 2. The van der Waals surface area contributed by atoms with Gasteiger partial charge in [-0.05, 0) is 12.8 Å². The molecule has 0 rings (SSSR count). The van der Waals surface area contributed by atoms with Crippen molar-refractivity contribution in [2.75, 3.05) is 13.2 Å². The predicted molar refractivity (Wildman–Crippen MR) is 158 cm³/mol. The molecule has 6 heteroatoms. The summed E-state index contributed by atoms with van der Waals surface area (Å²) in [6.07, 6.45) is 26.5. The van der Waals surface area contributed by atoms with Crippen molar-refractivity contribution in [2.45, 2.75) is 174 Å². The molecule has 0 heterocycles. The fraction of sp³-hybridized carbons (Fsp3) is 0.935. The minimum absolute atomic E-state index is 0.107. The Kier molecular flexibility index (Phi) is 28.4. The van der Waals surface area contributed by atoms with Gasteiger partial charge in [0.2, 0.25) is 0 Å². The topological polar surface area (TPSA) is 83.8 Å². The third kappa shape index (κ3) is 24.4. The lowest BCUT2D eigenvalue weighted by molar-refractivity contribution is -0.115. The first-order valence-corrected chi connectivity index (χ1v) is 17.1. The second kappa shape index (κ2) is 28.7. The maximum absolute atomic E-state index is 12.8. The Morgan fingerprint density at radius 2 is 0.865 bits per heavy atom. The van der Waals surface area contributed by atoms with Gasteiger partial charge in [0.05, 0.1) is 13.2 Å². The van der Waals surface area contributed by atoms with Crippen LogP contribution in [0.2, 0.25) is 0 Å². The van der Waals surface area contributed by atoms with Gasteiger partial charge in [0, 0.05) is 12.8 Å². The van der Waals surface area contributed by atoms with Crippen LogP contribution in [0.25, 0.3) is 0 Å². The van der Waals surface area contributed by atoms with E-state index in [-0.39, 0.29) is 17.7 Å². The number of aliphatic hydroxyl groups is 2. The van der Waals surface area contributed by atoms with Crippen LogP contribution < -0.4 is 0 Å². The third-order valence-electron chi connectivity index (χ3n) is 7.05.